The molecule has 1 aromatic rings. The molecule has 1 aromatic carbocycles. The SMILES string of the molecule is O=C(NCc1ccc(Cl)cc1)NC1CCCCCC1. The van der Waals surface area contributed by atoms with E-state index in [4.69, 9.17) is 11.6 Å². The minimum absolute atomic E-state index is 0.0677. The summed E-state index contributed by atoms with van der Waals surface area (Å²) in [7, 11) is 0. The Morgan fingerprint density at radius 3 is 2.37 bits per heavy atom. The molecule has 0 bridgehead atoms. The number of amides is 2. The summed E-state index contributed by atoms with van der Waals surface area (Å²) in [5.74, 6) is 0. The van der Waals surface area contributed by atoms with Gasteiger partial charge in [-0.3, -0.25) is 0 Å². The van der Waals surface area contributed by atoms with Gasteiger partial charge in [-0.25, -0.2) is 4.79 Å². The lowest BCUT2D eigenvalue weighted by molar-refractivity contribution is 0.235. The van der Waals surface area contributed by atoms with Crippen LogP contribution in [0.1, 0.15) is 44.1 Å². The molecule has 3 nitrogen and oxygen atoms in total. The summed E-state index contributed by atoms with van der Waals surface area (Å²) in [6, 6.07) is 7.79. The van der Waals surface area contributed by atoms with Crippen molar-refractivity contribution >= 4 is 17.6 Å². The van der Waals surface area contributed by atoms with Crippen LogP contribution in [0.3, 0.4) is 0 Å². The zero-order valence-corrected chi connectivity index (χ0v) is 11.9. The van der Waals surface area contributed by atoms with Gasteiger partial charge in [0.1, 0.15) is 0 Å². The van der Waals surface area contributed by atoms with Crippen molar-refractivity contribution in [3.05, 3.63) is 34.9 Å². The molecule has 0 aromatic heterocycles. The zero-order valence-electron chi connectivity index (χ0n) is 11.1. The van der Waals surface area contributed by atoms with Crippen molar-refractivity contribution in [2.24, 2.45) is 0 Å². The Morgan fingerprint density at radius 2 is 1.74 bits per heavy atom. The standard InChI is InChI=1S/C15H21ClN2O/c16-13-9-7-12(8-10-13)11-17-15(19)18-14-5-3-1-2-4-6-14/h7-10,14H,1-6,11H2,(H2,17,18,19). The molecule has 1 fully saturated rings. The lowest BCUT2D eigenvalue weighted by Crippen LogP contribution is -2.41. The second-order valence-electron chi connectivity index (χ2n) is 5.14. The van der Waals surface area contributed by atoms with Gasteiger partial charge in [0.2, 0.25) is 0 Å². The number of halogens is 1. The quantitative estimate of drug-likeness (QED) is 0.811. The molecule has 0 unspecified atom stereocenters. The van der Waals surface area contributed by atoms with Gasteiger partial charge in [-0.2, -0.15) is 0 Å². The predicted molar refractivity (Wildman–Crippen MR) is 78.3 cm³/mol. The smallest absolute Gasteiger partial charge is 0.315 e. The van der Waals surface area contributed by atoms with Crippen molar-refractivity contribution in [2.45, 2.75) is 51.1 Å². The lowest BCUT2D eigenvalue weighted by atomic mass is 10.1. The van der Waals surface area contributed by atoms with Crippen LogP contribution in [0.15, 0.2) is 24.3 Å². The first kappa shape index (κ1) is 14.2. The van der Waals surface area contributed by atoms with Crippen LogP contribution in [-0.4, -0.2) is 12.1 Å². The average Bonchev–Trinajstić information content (AvgIpc) is 2.67. The molecule has 0 radical (unpaired) electrons. The van der Waals surface area contributed by atoms with Crippen molar-refractivity contribution in [2.75, 3.05) is 0 Å². The third-order valence-electron chi connectivity index (χ3n) is 3.56. The zero-order chi connectivity index (χ0) is 13.5. The van der Waals surface area contributed by atoms with Gasteiger partial charge in [0.15, 0.2) is 0 Å². The van der Waals surface area contributed by atoms with Crippen molar-refractivity contribution in [3.8, 4) is 0 Å². The first-order chi connectivity index (χ1) is 9.24. The maximum Gasteiger partial charge on any atom is 0.315 e. The molecule has 1 aliphatic rings. The van der Waals surface area contributed by atoms with Gasteiger partial charge in [0.25, 0.3) is 0 Å². The van der Waals surface area contributed by atoms with Crippen molar-refractivity contribution in [1.82, 2.24) is 10.6 Å². The molecule has 2 rings (SSSR count). The second kappa shape index (κ2) is 7.39. The van der Waals surface area contributed by atoms with E-state index in [1.807, 2.05) is 24.3 Å². The fourth-order valence-corrected chi connectivity index (χ4v) is 2.57. The number of carbonyl (C=O) groups excluding carboxylic acids is 1. The molecule has 0 aliphatic heterocycles. The summed E-state index contributed by atoms with van der Waals surface area (Å²) in [5, 5.41) is 6.67. The van der Waals surface area contributed by atoms with Crippen LogP contribution in [-0.2, 0) is 6.54 Å². The highest BCUT2D eigenvalue weighted by Crippen LogP contribution is 2.17. The monoisotopic (exact) mass is 280 g/mol. The molecule has 0 atom stereocenters. The molecular weight excluding hydrogens is 260 g/mol. The number of carbonyl (C=O) groups is 1. The number of benzene rings is 1. The lowest BCUT2D eigenvalue weighted by Gasteiger charge is -2.16. The van der Waals surface area contributed by atoms with E-state index in [1.54, 1.807) is 0 Å². The van der Waals surface area contributed by atoms with Gasteiger partial charge in [0.05, 0.1) is 0 Å². The summed E-state index contributed by atoms with van der Waals surface area (Å²) >= 11 is 5.82. The Labute approximate surface area is 119 Å². The second-order valence-corrected chi connectivity index (χ2v) is 5.58. The van der Waals surface area contributed by atoms with Crippen molar-refractivity contribution < 1.29 is 4.79 Å². The highest BCUT2D eigenvalue weighted by atomic mass is 35.5. The third-order valence-corrected chi connectivity index (χ3v) is 3.81. The van der Waals surface area contributed by atoms with Crippen LogP contribution in [0.5, 0.6) is 0 Å². The first-order valence-corrected chi connectivity index (χ1v) is 7.40. The molecule has 1 aliphatic carbocycles. The summed E-state index contributed by atoms with van der Waals surface area (Å²) in [4.78, 5) is 11.8. The topological polar surface area (TPSA) is 41.1 Å². The minimum Gasteiger partial charge on any atom is -0.335 e. The highest BCUT2D eigenvalue weighted by Gasteiger charge is 2.14. The Kier molecular flexibility index (Phi) is 5.52. The van der Waals surface area contributed by atoms with E-state index in [0.717, 1.165) is 18.4 Å². The molecule has 104 valence electrons. The Balaban J connectivity index is 1.73. The van der Waals surface area contributed by atoms with Crippen LogP contribution in [0.4, 0.5) is 4.79 Å². The number of hydrogen-bond donors (Lipinski definition) is 2. The van der Waals surface area contributed by atoms with E-state index >= 15 is 0 Å². The van der Waals surface area contributed by atoms with E-state index in [2.05, 4.69) is 10.6 Å². The van der Waals surface area contributed by atoms with Crippen molar-refractivity contribution in [1.29, 1.82) is 0 Å². The highest BCUT2D eigenvalue weighted by molar-refractivity contribution is 6.30. The van der Waals surface area contributed by atoms with E-state index in [-0.39, 0.29) is 6.03 Å². The molecule has 19 heavy (non-hydrogen) atoms. The number of nitrogens with one attached hydrogen (secondary N) is 2. The maximum absolute atomic E-state index is 11.8. The third kappa shape index (κ3) is 5.11. The molecule has 2 amide bonds. The van der Waals surface area contributed by atoms with E-state index in [0.29, 0.717) is 17.6 Å². The number of rotatable bonds is 3. The molecule has 0 saturated heterocycles. The molecular formula is C15H21ClN2O. The minimum atomic E-state index is -0.0677. The summed E-state index contributed by atoms with van der Waals surface area (Å²) < 4.78 is 0. The first-order valence-electron chi connectivity index (χ1n) is 7.03. The Hall–Kier alpha value is -1.22. The summed E-state index contributed by atoms with van der Waals surface area (Å²) in [6.45, 7) is 0.537. The van der Waals surface area contributed by atoms with Gasteiger partial charge in [0, 0.05) is 17.6 Å². The Bertz CT molecular complexity index is 397. The molecule has 4 heteroatoms. The van der Waals surface area contributed by atoms with E-state index in [1.165, 1.54) is 25.7 Å². The van der Waals surface area contributed by atoms with Crippen LogP contribution in [0.25, 0.3) is 0 Å². The Morgan fingerprint density at radius 1 is 1.11 bits per heavy atom. The fraction of sp³-hybridized carbons (Fsp3) is 0.533. The van der Waals surface area contributed by atoms with Gasteiger partial charge in [-0.05, 0) is 30.5 Å². The summed E-state index contributed by atoms with van der Waals surface area (Å²) in [6.07, 6.45) is 7.25. The van der Waals surface area contributed by atoms with Crippen LogP contribution in [0, 0.1) is 0 Å². The fourth-order valence-electron chi connectivity index (χ4n) is 2.44. The van der Waals surface area contributed by atoms with Crippen LogP contribution < -0.4 is 10.6 Å². The predicted octanol–water partition coefficient (Wildman–Crippen LogP) is 3.86. The van der Waals surface area contributed by atoms with Crippen LogP contribution >= 0.6 is 11.6 Å². The molecule has 0 spiro atoms. The average molecular weight is 281 g/mol. The number of urea groups is 1. The van der Waals surface area contributed by atoms with Gasteiger partial charge in [-0.15, -0.1) is 0 Å². The van der Waals surface area contributed by atoms with Gasteiger partial charge < -0.3 is 10.6 Å². The van der Waals surface area contributed by atoms with Crippen molar-refractivity contribution in [3.63, 3.8) is 0 Å². The normalized spacial score (nSPS) is 16.7. The van der Waals surface area contributed by atoms with E-state index < -0.39 is 0 Å². The molecule has 1 saturated carbocycles. The summed E-state index contributed by atoms with van der Waals surface area (Å²) in [5.41, 5.74) is 1.06. The number of hydrogen-bond acceptors (Lipinski definition) is 1. The molecule has 0 heterocycles. The van der Waals surface area contributed by atoms with Crippen LogP contribution in [0.2, 0.25) is 5.02 Å². The molecule has 2 N–H and O–H groups in total. The largest absolute Gasteiger partial charge is 0.335 e. The van der Waals surface area contributed by atoms with Gasteiger partial charge >= 0.3 is 6.03 Å². The van der Waals surface area contributed by atoms with E-state index in [9.17, 15) is 4.79 Å². The maximum atomic E-state index is 11.8. The van der Waals surface area contributed by atoms with Gasteiger partial charge in [-0.1, -0.05) is 49.4 Å².